The summed E-state index contributed by atoms with van der Waals surface area (Å²) < 4.78 is 14.1. The molecule has 2 aromatic heterocycles. The maximum atomic E-state index is 14.1. The zero-order chi connectivity index (χ0) is 17.8. The predicted molar refractivity (Wildman–Crippen MR) is 104 cm³/mol. The Morgan fingerprint density at radius 2 is 1.62 bits per heavy atom. The van der Waals surface area contributed by atoms with Crippen LogP contribution in [0.4, 0.5) is 15.2 Å². The molecule has 3 nitrogen and oxygen atoms in total. The molecule has 4 rings (SSSR count). The van der Waals surface area contributed by atoms with Crippen molar-refractivity contribution in [1.82, 2.24) is 9.97 Å². The monoisotopic (exact) mass is 361 g/mol. The molecule has 0 radical (unpaired) electrons. The summed E-state index contributed by atoms with van der Waals surface area (Å²) in [5.41, 5.74) is 2.76. The molecule has 0 saturated heterocycles. The first-order valence-corrected chi connectivity index (χ1v) is 9.05. The second-order valence-electron chi connectivity index (χ2n) is 5.77. The number of hydrogen-bond donors (Lipinski definition) is 0. The lowest BCUT2D eigenvalue weighted by atomic mass is 10.2. The zero-order valence-electron chi connectivity index (χ0n) is 13.9. The van der Waals surface area contributed by atoms with Crippen molar-refractivity contribution in [3.05, 3.63) is 96.7 Å². The van der Waals surface area contributed by atoms with E-state index in [-0.39, 0.29) is 5.82 Å². The number of thiazole rings is 1. The summed E-state index contributed by atoms with van der Waals surface area (Å²) in [6.07, 6.45) is 4.55. The lowest BCUT2D eigenvalue weighted by Crippen LogP contribution is -2.15. The van der Waals surface area contributed by atoms with Crippen molar-refractivity contribution in [3.8, 4) is 10.4 Å². The van der Waals surface area contributed by atoms with Crippen LogP contribution >= 0.6 is 11.3 Å². The van der Waals surface area contributed by atoms with E-state index in [1.807, 2.05) is 36.4 Å². The lowest BCUT2D eigenvalue weighted by molar-refractivity contribution is 0.625. The van der Waals surface area contributed by atoms with Crippen LogP contribution in [0.1, 0.15) is 5.56 Å². The highest BCUT2D eigenvalue weighted by Gasteiger charge is 2.16. The van der Waals surface area contributed by atoms with Gasteiger partial charge in [0.2, 0.25) is 0 Å². The van der Waals surface area contributed by atoms with E-state index >= 15 is 0 Å². The molecular weight excluding hydrogens is 345 g/mol. The molecule has 0 bridgehead atoms. The highest BCUT2D eigenvalue weighted by atomic mass is 32.1. The van der Waals surface area contributed by atoms with Gasteiger partial charge in [0.1, 0.15) is 5.82 Å². The quantitative estimate of drug-likeness (QED) is 0.458. The summed E-state index contributed by atoms with van der Waals surface area (Å²) in [6, 6.07) is 22.0. The smallest absolute Gasteiger partial charge is 0.190 e. The largest absolute Gasteiger partial charge is 0.313 e. The maximum absolute atomic E-state index is 14.1. The molecular formula is C21H16FN3S. The van der Waals surface area contributed by atoms with E-state index < -0.39 is 0 Å². The fourth-order valence-electron chi connectivity index (χ4n) is 2.73. The summed E-state index contributed by atoms with van der Waals surface area (Å²) in [5, 5.41) is 0.825. The fraction of sp³-hybridized carbons (Fsp3) is 0.0476. The molecule has 26 heavy (non-hydrogen) atoms. The van der Waals surface area contributed by atoms with Gasteiger partial charge in [0, 0.05) is 23.6 Å². The van der Waals surface area contributed by atoms with E-state index in [1.165, 1.54) is 23.1 Å². The molecule has 5 heteroatoms. The molecule has 2 aromatic carbocycles. The molecule has 2 heterocycles. The SMILES string of the molecule is Fc1cnccc1-c1cnc(N(Cc2ccccc2)c2ccccc2)s1. The average molecular weight is 361 g/mol. The van der Waals surface area contributed by atoms with Gasteiger partial charge in [0.15, 0.2) is 5.13 Å². The number of aromatic nitrogens is 2. The summed E-state index contributed by atoms with van der Waals surface area (Å²) in [6.45, 7) is 0.691. The summed E-state index contributed by atoms with van der Waals surface area (Å²) >= 11 is 1.47. The summed E-state index contributed by atoms with van der Waals surface area (Å²) in [7, 11) is 0. The second kappa shape index (κ2) is 7.45. The van der Waals surface area contributed by atoms with Crippen molar-refractivity contribution in [3.63, 3.8) is 0 Å². The number of para-hydroxylation sites is 1. The van der Waals surface area contributed by atoms with E-state index in [0.29, 0.717) is 12.1 Å². The van der Waals surface area contributed by atoms with Crippen molar-refractivity contribution >= 4 is 22.2 Å². The van der Waals surface area contributed by atoms with Crippen LogP contribution in [0, 0.1) is 5.82 Å². The van der Waals surface area contributed by atoms with Crippen molar-refractivity contribution in [2.45, 2.75) is 6.54 Å². The Kier molecular flexibility index (Phi) is 4.71. The minimum Gasteiger partial charge on any atom is -0.313 e. The topological polar surface area (TPSA) is 29.0 Å². The normalized spacial score (nSPS) is 10.7. The number of anilines is 2. The number of halogens is 1. The van der Waals surface area contributed by atoms with Crippen molar-refractivity contribution in [1.29, 1.82) is 0 Å². The van der Waals surface area contributed by atoms with Crippen LogP contribution in [0.2, 0.25) is 0 Å². The van der Waals surface area contributed by atoms with Crippen molar-refractivity contribution < 1.29 is 4.39 Å². The second-order valence-corrected chi connectivity index (χ2v) is 6.78. The molecule has 0 fully saturated rings. The van der Waals surface area contributed by atoms with Gasteiger partial charge in [-0.15, -0.1) is 0 Å². The third-order valence-corrected chi connectivity index (χ3v) is 5.07. The number of benzene rings is 2. The number of nitrogens with zero attached hydrogens (tertiary/aromatic N) is 3. The molecule has 0 atom stereocenters. The molecule has 0 saturated carbocycles. The van der Waals surface area contributed by atoms with E-state index in [4.69, 9.17) is 0 Å². The molecule has 0 spiro atoms. The first-order chi connectivity index (χ1) is 12.8. The van der Waals surface area contributed by atoms with E-state index in [0.717, 1.165) is 15.7 Å². The number of rotatable bonds is 5. The minimum atomic E-state index is -0.336. The van der Waals surface area contributed by atoms with Crippen molar-refractivity contribution in [2.75, 3.05) is 4.90 Å². The number of hydrogen-bond acceptors (Lipinski definition) is 4. The number of pyridine rings is 1. The molecule has 0 N–H and O–H groups in total. The van der Waals surface area contributed by atoms with Gasteiger partial charge in [0.25, 0.3) is 0 Å². The van der Waals surface area contributed by atoms with E-state index in [1.54, 1.807) is 18.5 Å². The van der Waals surface area contributed by atoms with Gasteiger partial charge in [-0.25, -0.2) is 9.37 Å². The van der Waals surface area contributed by atoms with Gasteiger partial charge >= 0.3 is 0 Å². The van der Waals surface area contributed by atoms with Crippen LogP contribution in [-0.2, 0) is 6.54 Å². The Bertz CT molecular complexity index is 986. The van der Waals surface area contributed by atoms with Gasteiger partial charge in [-0.3, -0.25) is 4.98 Å². The Morgan fingerprint density at radius 3 is 2.35 bits per heavy atom. The summed E-state index contributed by atoms with van der Waals surface area (Å²) in [4.78, 5) is 11.3. The van der Waals surface area contributed by atoms with Crippen LogP contribution in [0.25, 0.3) is 10.4 Å². The summed E-state index contributed by atoms with van der Waals surface area (Å²) in [5.74, 6) is -0.336. The van der Waals surface area contributed by atoms with Crippen LogP contribution < -0.4 is 4.90 Å². The van der Waals surface area contributed by atoms with Gasteiger partial charge < -0.3 is 4.90 Å². The van der Waals surface area contributed by atoms with Gasteiger partial charge in [-0.2, -0.15) is 0 Å². The van der Waals surface area contributed by atoms with Crippen molar-refractivity contribution in [2.24, 2.45) is 0 Å². The van der Waals surface area contributed by atoms with Gasteiger partial charge in [-0.05, 0) is 23.8 Å². The lowest BCUT2D eigenvalue weighted by Gasteiger charge is -2.22. The maximum Gasteiger partial charge on any atom is 0.190 e. The molecule has 128 valence electrons. The van der Waals surface area contributed by atoms with E-state index in [9.17, 15) is 4.39 Å². The Balaban J connectivity index is 1.72. The highest BCUT2D eigenvalue weighted by molar-refractivity contribution is 7.19. The molecule has 0 aliphatic rings. The highest BCUT2D eigenvalue weighted by Crippen LogP contribution is 2.36. The Morgan fingerprint density at radius 1 is 0.885 bits per heavy atom. The van der Waals surface area contributed by atoms with Gasteiger partial charge in [-0.1, -0.05) is 59.9 Å². The van der Waals surface area contributed by atoms with Crippen LogP contribution in [0.3, 0.4) is 0 Å². The third kappa shape index (κ3) is 3.48. The molecule has 0 aliphatic carbocycles. The fourth-order valence-corrected chi connectivity index (χ4v) is 3.70. The average Bonchev–Trinajstić information content (AvgIpc) is 3.17. The standard InChI is InChI=1S/C21H16FN3S/c22-19-13-23-12-11-18(19)20-14-24-21(26-20)25(17-9-5-2-6-10-17)15-16-7-3-1-4-8-16/h1-14H,15H2. The molecule has 0 aliphatic heterocycles. The molecule has 0 amide bonds. The predicted octanol–water partition coefficient (Wildman–Crippen LogP) is 5.68. The zero-order valence-corrected chi connectivity index (χ0v) is 14.7. The van der Waals surface area contributed by atoms with E-state index in [2.05, 4.69) is 39.1 Å². The van der Waals surface area contributed by atoms with Crippen LogP contribution in [0.15, 0.2) is 85.3 Å². The van der Waals surface area contributed by atoms with Crippen LogP contribution in [-0.4, -0.2) is 9.97 Å². The van der Waals surface area contributed by atoms with Crippen LogP contribution in [0.5, 0.6) is 0 Å². The Hall–Kier alpha value is -3.05. The molecule has 0 unspecified atom stereocenters. The molecule has 4 aromatic rings. The first kappa shape index (κ1) is 16.4. The first-order valence-electron chi connectivity index (χ1n) is 8.23. The minimum absolute atomic E-state index is 0.336. The Labute approximate surface area is 155 Å². The third-order valence-electron chi connectivity index (χ3n) is 4.01. The van der Waals surface area contributed by atoms with Gasteiger partial charge in [0.05, 0.1) is 17.6 Å².